The first-order valence-electron chi connectivity index (χ1n) is 8.93. The van der Waals surface area contributed by atoms with E-state index >= 15 is 0 Å². The van der Waals surface area contributed by atoms with Gasteiger partial charge in [0.1, 0.15) is 5.70 Å². The van der Waals surface area contributed by atoms with Crippen LogP contribution < -0.4 is 11.1 Å². The lowest BCUT2D eigenvalue weighted by Crippen LogP contribution is -2.54. The number of halogens is 1. The molecule has 2 rings (SSSR count). The van der Waals surface area contributed by atoms with Crippen LogP contribution in [0.2, 0.25) is 0 Å². The van der Waals surface area contributed by atoms with Gasteiger partial charge < -0.3 is 25.4 Å². The lowest BCUT2D eigenvalue weighted by atomic mass is 9.99. The maximum Gasteiger partial charge on any atom is 0.272 e. The predicted molar refractivity (Wildman–Crippen MR) is 103 cm³/mol. The van der Waals surface area contributed by atoms with Crippen LogP contribution in [0.15, 0.2) is 27.9 Å². The smallest absolute Gasteiger partial charge is 0.272 e. The highest BCUT2D eigenvalue weighted by Crippen LogP contribution is 2.22. The van der Waals surface area contributed by atoms with E-state index in [4.69, 9.17) is 26.8 Å². The molecule has 2 aliphatic rings. The summed E-state index contributed by atoms with van der Waals surface area (Å²) < 4.78 is 11.0. The molecule has 8 heteroatoms. The summed E-state index contributed by atoms with van der Waals surface area (Å²) in [4.78, 5) is 18.6. The van der Waals surface area contributed by atoms with Gasteiger partial charge in [-0.15, -0.1) is 0 Å². The fraction of sp³-hybridized carbons (Fsp3) is 0.667. The molecule has 0 aliphatic carbocycles. The van der Waals surface area contributed by atoms with Crippen molar-refractivity contribution in [2.75, 3.05) is 33.4 Å². The SMILES string of the molecule is C=C(Cl)/C(C)=C(\N=CN)C(=O)N1CCC(NC2CCOCC2OC)CC1. The number of likely N-dealkylation sites (tertiary alicyclic amines) is 1. The zero-order valence-electron chi connectivity index (χ0n) is 15.5. The van der Waals surface area contributed by atoms with Crippen LogP contribution in [0.4, 0.5) is 0 Å². The molecular weight excluding hydrogens is 356 g/mol. The van der Waals surface area contributed by atoms with Crippen molar-refractivity contribution in [2.24, 2.45) is 10.7 Å². The first-order chi connectivity index (χ1) is 12.5. The summed E-state index contributed by atoms with van der Waals surface area (Å²) in [5.74, 6) is -0.162. The zero-order valence-corrected chi connectivity index (χ0v) is 16.3. The summed E-state index contributed by atoms with van der Waals surface area (Å²) in [6, 6.07) is 0.648. The van der Waals surface area contributed by atoms with Crippen LogP contribution in [-0.2, 0) is 14.3 Å². The maximum absolute atomic E-state index is 12.8. The highest BCUT2D eigenvalue weighted by Gasteiger charge is 2.31. The van der Waals surface area contributed by atoms with Gasteiger partial charge in [0.15, 0.2) is 0 Å². The lowest BCUT2D eigenvalue weighted by molar-refractivity contribution is -0.128. The average Bonchev–Trinajstić information content (AvgIpc) is 2.66. The van der Waals surface area contributed by atoms with Crippen LogP contribution in [0.1, 0.15) is 26.2 Å². The molecule has 0 radical (unpaired) electrons. The maximum atomic E-state index is 12.8. The van der Waals surface area contributed by atoms with Crippen molar-refractivity contribution in [3.63, 3.8) is 0 Å². The minimum absolute atomic E-state index is 0.0780. The van der Waals surface area contributed by atoms with Crippen LogP contribution in [0, 0.1) is 0 Å². The third-order valence-corrected chi connectivity index (χ3v) is 5.29. The van der Waals surface area contributed by atoms with Crippen molar-refractivity contribution in [1.29, 1.82) is 0 Å². The number of rotatable bonds is 6. The molecule has 0 spiro atoms. The molecule has 0 aromatic heterocycles. The first-order valence-corrected chi connectivity index (χ1v) is 9.31. The number of aliphatic imine (C=N–C) groups is 1. The highest BCUT2D eigenvalue weighted by molar-refractivity contribution is 6.32. The Morgan fingerprint density at radius 1 is 1.42 bits per heavy atom. The third kappa shape index (κ3) is 5.30. The largest absolute Gasteiger partial charge is 0.390 e. The second-order valence-electron chi connectivity index (χ2n) is 6.63. The number of ether oxygens (including phenoxy) is 2. The molecule has 2 unspecified atom stereocenters. The van der Waals surface area contributed by atoms with Gasteiger partial charge >= 0.3 is 0 Å². The Kier molecular flexibility index (Phi) is 8.09. The molecular formula is C18H29ClN4O3. The average molecular weight is 385 g/mol. The Bertz CT molecular complexity index is 571. The number of hydrogen-bond acceptors (Lipinski definition) is 5. The van der Waals surface area contributed by atoms with Crippen molar-refractivity contribution in [1.82, 2.24) is 10.2 Å². The summed E-state index contributed by atoms with van der Waals surface area (Å²) in [7, 11) is 1.72. The fourth-order valence-electron chi connectivity index (χ4n) is 3.35. The normalized spacial score (nSPS) is 26.0. The van der Waals surface area contributed by atoms with Gasteiger partial charge in [0.2, 0.25) is 0 Å². The van der Waals surface area contributed by atoms with E-state index < -0.39 is 0 Å². The van der Waals surface area contributed by atoms with E-state index in [2.05, 4.69) is 16.9 Å². The molecule has 146 valence electrons. The highest BCUT2D eigenvalue weighted by atomic mass is 35.5. The van der Waals surface area contributed by atoms with E-state index in [1.165, 1.54) is 0 Å². The van der Waals surface area contributed by atoms with E-state index in [9.17, 15) is 4.79 Å². The van der Waals surface area contributed by atoms with Crippen molar-refractivity contribution in [3.05, 3.63) is 22.9 Å². The Labute approximate surface area is 160 Å². The second-order valence-corrected chi connectivity index (χ2v) is 7.09. The van der Waals surface area contributed by atoms with Gasteiger partial charge in [-0.25, -0.2) is 4.99 Å². The second kappa shape index (κ2) is 10.1. The molecule has 3 N–H and O–H groups in total. The van der Waals surface area contributed by atoms with Gasteiger partial charge in [-0.05, 0) is 31.8 Å². The number of carbonyl (C=O) groups excluding carboxylic acids is 1. The predicted octanol–water partition coefficient (Wildman–Crippen LogP) is 1.38. The number of piperidine rings is 1. The summed E-state index contributed by atoms with van der Waals surface area (Å²) in [6.07, 6.45) is 3.88. The number of methoxy groups -OCH3 is 1. The van der Waals surface area contributed by atoms with Gasteiger partial charge in [0.05, 0.1) is 19.0 Å². The molecule has 0 aromatic carbocycles. The Morgan fingerprint density at radius 2 is 2.12 bits per heavy atom. The molecule has 0 bridgehead atoms. The molecule has 2 heterocycles. The summed E-state index contributed by atoms with van der Waals surface area (Å²) in [5.41, 5.74) is 6.18. The number of hydrogen-bond donors (Lipinski definition) is 2. The molecule has 2 aliphatic heterocycles. The number of nitrogens with two attached hydrogens (primary N) is 1. The standard InChI is InChI=1S/C18H29ClN4O3/c1-12(13(2)19)17(21-11-20)18(24)23-7-4-14(5-8-23)22-15-6-9-26-10-16(15)25-3/h11,14-16,22H,2,4-10H2,1,3H3,(H2,20,21)/b17-12-. The molecule has 2 fully saturated rings. The number of amides is 1. The van der Waals surface area contributed by atoms with Crippen LogP contribution in [0.3, 0.4) is 0 Å². The quantitative estimate of drug-likeness (QED) is 0.312. The zero-order chi connectivity index (χ0) is 19.1. The van der Waals surface area contributed by atoms with E-state index in [0.717, 1.165) is 32.2 Å². The fourth-order valence-corrected chi connectivity index (χ4v) is 3.44. The molecule has 0 aromatic rings. The Hall–Kier alpha value is -1.41. The first kappa shape index (κ1) is 20.9. The molecule has 2 atom stereocenters. The van der Waals surface area contributed by atoms with Crippen molar-refractivity contribution in [3.8, 4) is 0 Å². The van der Waals surface area contributed by atoms with Gasteiger partial charge in [0, 0.05) is 43.9 Å². The van der Waals surface area contributed by atoms with E-state index in [1.807, 2.05) is 0 Å². The summed E-state index contributed by atoms with van der Waals surface area (Å²) in [6.45, 7) is 8.08. The van der Waals surface area contributed by atoms with Gasteiger partial charge in [-0.3, -0.25) is 4.79 Å². The van der Waals surface area contributed by atoms with Gasteiger partial charge in [-0.2, -0.15) is 0 Å². The van der Waals surface area contributed by atoms with Gasteiger partial charge in [-0.1, -0.05) is 18.2 Å². The van der Waals surface area contributed by atoms with Crippen molar-refractivity contribution >= 4 is 23.8 Å². The summed E-state index contributed by atoms with van der Waals surface area (Å²) in [5, 5.41) is 3.97. The molecule has 2 saturated heterocycles. The number of carbonyl (C=O) groups is 1. The van der Waals surface area contributed by atoms with E-state index in [1.54, 1.807) is 18.9 Å². The molecule has 1 amide bonds. The molecule has 26 heavy (non-hydrogen) atoms. The summed E-state index contributed by atoms with van der Waals surface area (Å²) >= 11 is 5.93. The van der Waals surface area contributed by atoms with Crippen LogP contribution >= 0.6 is 11.6 Å². The van der Waals surface area contributed by atoms with Crippen LogP contribution in [-0.4, -0.2) is 68.7 Å². The number of nitrogens with one attached hydrogen (secondary N) is 1. The minimum Gasteiger partial charge on any atom is -0.390 e. The number of nitrogens with zero attached hydrogens (tertiary/aromatic N) is 2. The van der Waals surface area contributed by atoms with Crippen molar-refractivity contribution in [2.45, 2.75) is 44.4 Å². The molecule has 0 saturated carbocycles. The molecule has 7 nitrogen and oxygen atoms in total. The van der Waals surface area contributed by atoms with E-state index in [-0.39, 0.29) is 17.7 Å². The Morgan fingerprint density at radius 3 is 2.69 bits per heavy atom. The lowest BCUT2D eigenvalue weighted by Gasteiger charge is -2.38. The Balaban J connectivity index is 1.93. The van der Waals surface area contributed by atoms with Crippen molar-refractivity contribution < 1.29 is 14.3 Å². The van der Waals surface area contributed by atoms with E-state index in [0.29, 0.717) is 42.4 Å². The minimum atomic E-state index is -0.162. The van der Waals surface area contributed by atoms with Crippen LogP contribution in [0.25, 0.3) is 0 Å². The topological polar surface area (TPSA) is 89.2 Å². The van der Waals surface area contributed by atoms with Gasteiger partial charge in [0.25, 0.3) is 5.91 Å². The number of allylic oxidation sites excluding steroid dienone is 2. The van der Waals surface area contributed by atoms with Crippen LogP contribution in [0.5, 0.6) is 0 Å². The monoisotopic (exact) mass is 384 g/mol. The third-order valence-electron chi connectivity index (χ3n) is 5.01.